The van der Waals surface area contributed by atoms with Gasteiger partial charge in [0.05, 0.1) is 24.5 Å². The number of rotatable bonds is 6. The molecule has 0 radical (unpaired) electrons. The molecule has 0 atom stereocenters. The van der Waals surface area contributed by atoms with Crippen molar-refractivity contribution >= 4 is 18.1 Å². The van der Waals surface area contributed by atoms with E-state index in [4.69, 9.17) is 9.47 Å². The molecule has 0 spiro atoms. The van der Waals surface area contributed by atoms with Crippen LogP contribution in [0.1, 0.15) is 31.8 Å². The van der Waals surface area contributed by atoms with Crippen LogP contribution < -0.4 is 14.9 Å². The summed E-state index contributed by atoms with van der Waals surface area (Å²) in [6.45, 7) is 1.91. The van der Waals surface area contributed by atoms with Gasteiger partial charge < -0.3 is 9.47 Å². The molecule has 0 heterocycles. The van der Waals surface area contributed by atoms with Gasteiger partial charge in [0.2, 0.25) is 0 Å². The van der Waals surface area contributed by atoms with Gasteiger partial charge in [-0.05, 0) is 61.0 Å². The molecule has 3 aromatic rings. The number of esters is 1. The Bertz CT molecular complexity index is 1040. The summed E-state index contributed by atoms with van der Waals surface area (Å²) in [5.41, 5.74) is 5.07. The largest absolute Gasteiger partial charge is 0.496 e. The number of nitrogens with zero attached hydrogens (tertiary/aromatic N) is 1. The summed E-state index contributed by atoms with van der Waals surface area (Å²) in [6, 6.07) is 20.9. The molecule has 0 aliphatic carbocycles. The molecule has 0 unspecified atom stereocenters. The van der Waals surface area contributed by atoms with E-state index in [0.29, 0.717) is 22.6 Å². The first-order valence-corrected chi connectivity index (χ1v) is 8.92. The van der Waals surface area contributed by atoms with Crippen LogP contribution in [0, 0.1) is 6.92 Å². The molecule has 0 aliphatic heterocycles. The van der Waals surface area contributed by atoms with Crippen molar-refractivity contribution < 1.29 is 19.1 Å². The number of carbonyl (C=O) groups excluding carboxylic acids is 2. The SMILES string of the molecule is COc1ccccc1C(=O)N/N=C/c1ccc(OC(=O)c2cccc(C)c2)cc1. The lowest BCUT2D eigenvalue weighted by Crippen LogP contribution is -2.18. The smallest absolute Gasteiger partial charge is 0.343 e. The Labute approximate surface area is 168 Å². The first-order valence-electron chi connectivity index (χ1n) is 8.92. The van der Waals surface area contributed by atoms with Crippen molar-refractivity contribution in [1.82, 2.24) is 5.43 Å². The molecule has 1 amide bonds. The van der Waals surface area contributed by atoms with E-state index >= 15 is 0 Å². The minimum absolute atomic E-state index is 0.373. The van der Waals surface area contributed by atoms with Crippen LogP contribution in [-0.2, 0) is 0 Å². The summed E-state index contributed by atoms with van der Waals surface area (Å²) >= 11 is 0. The van der Waals surface area contributed by atoms with Crippen LogP contribution in [0.15, 0.2) is 77.9 Å². The van der Waals surface area contributed by atoms with Gasteiger partial charge in [-0.2, -0.15) is 5.10 Å². The fraction of sp³-hybridized carbons (Fsp3) is 0.0870. The van der Waals surface area contributed by atoms with Crippen LogP contribution >= 0.6 is 0 Å². The zero-order chi connectivity index (χ0) is 20.6. The van der Waals surface area contributed by atoms with Crippen LogP contribution in [0.2, 0.25) is 0 Å². The zero-order valence-corrected chi connectivity index (χ0v) is 16.1. The highest BCUT2D eigenvalue weighted by atomic mass is 16.5. The van der Waals surface area contributed by atoms with Crippen molar-refractivity contribution in [2.75, 3.05) is 7.11 Å². The second-order valence-electron chi connectivity index (χ2n) is 6.23. The highest BCUT2D eigenvalue weighted by Gasteiger charge is 2.10. The van der Waals surface area contributed by atoms with Crippen molar-refractivity contribution in [3.8, 4) is 11.5 Å². The van der Waals surface area contributed by atoms with E-state index in [0.717, 1.165) is 11.1 Å². The van der Waals surface area contributed by atoms with Crippen LogP contribution in [0.4, 0.5) is 0 Å². The van der Waals surface area contributed by atoms with E-state index < -0.39 is 5.97 Å². The van der Waals surface area contributed by atoms with E-state index in [1.54, 1.807) is 60.7 Å². The molecule has 0 fully saturated rings. The number of methoxy groups -OCH3 is 1. The van der Waals surface area contributed by atoms with Crippen LogP contribution in [-0.4, -0.2) is 25.2 Å². The van der Waals surface area contributed by atoms with Gasteiger partial charge in [0.25, 0.3) is 5.91 Å². The summed E-state index contributed by atoms with van der Waals surface area (Å²) in [4.78, 5) is 24.4. The fourth-order valence-electron chi connectivity index (χ4n) is 2.62. The average Bonchev–Trinajstić information content (AvgIpc) is 2.74. The molecule has 0 aromatic heterocycles. The van der Waals surface area contributed by atoms with Gasteiger partial charge >= 0.3 is 5.97 Å². The maximum absolute atomic E-state index is 12.2. The summed E-state index contributed by atoms with van der Waals surface area (Å²) in [5, 5.41) is 3.95. The van der Waals surface area contributed by atoms with Crippen LogP contribution in [0.25, 0.3) is 0 Å². The number of carbonyl (C=O) groups is 2. The Morgan fingerprint density at radius 3 is 2.45 bits per heavy atom. The van der Waals surface area contributed by atoms with Crippen molar-refractivity contribution in [1.29, 1.82) is 0 Å². The maximum atomic E-state index is 12.2. The lowest BCUT2D eigenvalue weighted by molar-refractivity contribution is 0.0734. The topological polar surface area (TPSA) is 77.0 Å². The molecule has 6 nitrogen and oxygen atoms in total. The number of para-hydroxylation sites is 1. The monoisotopic (exact) mass is 388 g/mol. The van der Waals surface area contributed by atoms with E-state index in [2.05, 4.69) is 10.5 Å². The molecular formula is C23H20N2O4. The molecule has 1 N–H and O–H groups in total. The predicted molar refractivity (Wildman–Crippen MR) is 111 cm³/mol. The zero-order valence-electron chi connectivity index (χ0n) is 16.1. The van der Waals surface area contributed by atoms with Gasteiger partial charge in [-0.3, -0.25) is 4.79 Å². The number of benzene rings is 3. The van der Waals surface area contributed by atoms with Crippen molar-refractivity contribution in [2.45, 2.75) is 6.92 Å². The van der Waals surface area contributed by atoms with Gasteiger partial charge in [-0.25, -0.2) is 10.2 Å². The maximum Gasteiger partial charge on any atom is 0.343 e. The summed E-state index contributed by atoms with van der Waals surface area (Å²) < 4.78 is 10.5. The molecule has 0 bridgehead atoms. The first-order chi connectivity index (χ1) is 14.1. The minimum Gasteiger partial charge on any atom is -0.496 e. The lowest BCUT2D eigenvalue weighted by Gasteiger charge is -2.06. The van der Waals surface area contributed by atoms with Crippen molar-refractivity contribution in [3.63, 3.8) is 0 Å². The molecule has 3 rings (SSSR count). The summed E-state index contributed by atoms with van der Waals surface area (Å²) in [6.07, 6.45) is 1.50. The number of hydrogen-bond donors (Lipinski definition) is 1. The Kier molecular flexibility index (Phi) is 6.37. The van der Waals surface area contributed by atoms with Crippen LogP contribution in [0.3, 0.4) is 0 Å². The lowest BCUT2D eigenvalue weighted by atomic mass is 10.1. The van der Waals surface area contributed by atoms with E-state index in [1.807, 2.05) is 19.1 Å². The number of hydrazone groups is 1. The third-order valence-corrected chi connectivity index (χ3v) is 4.08. The van der Waals surface area contributed by atoms with Gasteiger partial charge in [0.15, 0.2) is 0 Å². The van der Waals surface area contributed by atoms with E-state index in [-0.39, 0.29) is 5.91 Å². The first kappa shape index (κ1) is 19.8. The Morgan fingerprint density at radius 2 is 1.72 bits per heavy atom. The van der Waals surface area contributed by atoms with E-state index in [9.17, 15) is 9.59 Å². The third-order valence-electron chi connectivity index (χ3n) is 4.08. The quantitative estimate of drug-likeness (QED) is 0.300. The highest BCUT2D eigenvalue weighted by Crippen LogP contribution is 2.17. The molecule has 0 aliphatic rings. The Hall–Kier alpha value is -3.93. The number of ether oxygens (including phenoxy) is 2. The number of amides is 1. The molecule has 29 heavy (non-hydrogen) atoms. The predicted octanol–water partition coefficient (Wildman–Crippen LogP) is 3.99. The molecule has 3 aromatic carbocycles. The number of aryl methyl sites for hydroxylation is 1. The fourth-order valence-corrected chi connectivity index (χ4v) is 2.62. The Morgan fingerprint density at radius 1 is 0.966 bits per heavy atom. The van der Waals surface area contributed by atoms with Crippen molar-refractivity contribution in [3.05, 3.63) is 95.1 Å². The standard InChI is InChI=1S/C23H20N2O4/c1-16-6-5-7-18(14-16)23(27)29-19-12-10-17(11-13-19)15-24-25-22(26)20-8-3-4-9-21(20)28-2/h3-15H,1-2H3,(H,25,26)/b24-15+. The number of nitrogens with one attached hydrogen (secondary N) is 1. The second kappa shape index (κ2) is 9.32. The molecule has 0 saturated heterocycles. The van der Waals surface area contributed by atoms with Gasteiger partial charge in [-0.1, -0.05) is 29.8 Å². The summed E-state index contributed by atoms with van der Waals surface area (Å²) in [7, 11) is 1.50. The second-order valence-corrected chi connectivity index (χ2v) is 6.23. The molecule has 146 valence electrons. The number of hydrogen-bond acceptors (Lipinski definition) is 5. The third kappa shape index (κ3) is 5.29. The molecule has 6 heteroatoms. The summed E-state index contributed by atoms with van der Waals surface area (Å²) in [5.74, 6) is 0.105. The van der Waals surface area contributed by atoms with Gasteiger partial charge in [-0.15, -0.1) is 0 Å². The molecular weight excluding hydrogens is 368 g/mol. The molecule has 0 saturated carbocycles. The highest BCUT2D eigenvalue weighted by molar-refractivity contribution is 5.97. The normalized spacial score (nSPS) is 10.6. The van der Waals surface area contributed by atoms with E-state index in [1.165, 1.54) is 13.3 Å². The van der Waals surface area contributed by atoms with Crippen LogP contribution in [0.5, 0.6) is 11.5 Å². The van der Waals surface area contributed by atoms with Gasteiger partial charge in [0.1, 0.15) is 11.5 Å². The average molecular weight is 388 g/mol. The minimum atomic E-state index is -0.417. The van der Waals surface area contributed by atoms with Gasteiger partial charge in [0, 0.05) is 0 Å². The van der Waals surface area contributed by atoms with Crippen molar-refractivity contribution in [2.24, 2.45) is 5.10 Å². The Balaban J connectivity index is 1.59.